The van der Waals surface area contributed by atoms with Gasteiger partial charge in [-0.2, -0.15) is 0 Å². The normalized spacial score (nSPS) is 9.25. The molecule has 68 valence electrons. The van der Waals surface area contributed by atoms with E-state index in [0.717, 1.165) is 15.7 Å². The monoisotopic (exact) mass is 289 g/mol. The van der Waals surface area contributed by atoms with E-state index < -0.39 is 0 Å². The quantitative estimate of drug-likeness (QED) is 0.756. The molecule has 0 unspecified atom stereocenters. The average molecular weight is 291 g/mol. The fourth-order valence-corrected chi connectivity index (χ4v) is 1.60. The Bertz CT molecular complexity index is 254. The molecular weight excluding hydrogens is 284 g/mol. The molecule has 1 rings (SSSR count). The maximum absolute atomic E-state index is 5.66. The summed E-state index contributed by atoms with van der Waals surface area (Å²) in [5.74, 6) is 0.865. The summed E-state index contributed by atoms with van der Waals surface area (Å²) in [6.07, 6.45) is 1.72. The molecule has 0 aliphatic rings. The molecule has 1 nitrogen and oxygen atoms in total. The van der Waals surface area contributed by atoms with Gasteiger partial charge in [-0.25, -0.2) is 0 Å². The molecule has 1 heterocycles. The van der Waals surface area contributed by atoms with Crippen molar-refractivity contribution in [1.29, 1.82) is 0 Å². The predicted octanol–water partition coefficient (Wildman–Crippen LogP) is 3.74. The summed E-state index contributed by atoms with van der Waals surface area (Å²) in [5, 5.41) is 0. The third kappa shape index (κ3) is 3.09. The van der Waals surface area contributed by atoms with Crippen LogP contribution in [0.4, 0.5) is 0 Å². The fraction of sp³-hybridized carbons (Fsp3) is 0.286. The Kier molecular flexibility index (Phi) is 6.28. The lowest BCUT2D eigenvalue weighted by molar-refractivity contribution is 1.10. The van der Waals surface area contributed by atoms with E-state index in [1.807, 2.05) is 6.07 Å². The Balaban J connectivity index is 0.00000121. The molecule has 1 aromatic heterocycles. The molecule has 0 aliphatic heterocycles. The predicted molar refractivity (Wildman–Crippen MR) is 58.3 cm³/mol. The van der Waals surface area contributed by atoms with Crippen LogP contribution in [0.5, 0.6) is 0 Å². The summed E-state index contributed by atoms with van der Waals surface area (Å²) < 4.78 is 0.932. The molecule has 1 aromatic rings. The molecule has 0 fully saturated rings. The maximum atomic E-state index is 5.66. The van der Waals surface area contributed by atoms with Gasteiger partial charge < -0.3 is 0 Å². The SMILES string of the molecule is Cl.ClCc1cc(Br)cnc1CCl. The number of rotatable bonds is 2. The highest BCUT2D eigenvalue weighted by Gasteiger charge is 2.01. The van der Waals surface area contributed by atoms with Crippen molar-refractivity contribution in [2.24, 2.45) is 0 Å². The van der Waals surface area contributed by atoms with Crippen LogP contribution >= 0.6 is 51.5 Å². The fourth-order valence-electron chi connectivity index (χ4n) is 0.746. The van der Waals surface area contributed by atoms with Gasteiger partial charge in [-0.1, -0.05) is 0 Å². The first-order valence-electron chi connectivity index (χ1n) is 3.03. The van der Waals surface area contributed by atoms with E-state index in [4.69, 9.17) is 23.2 Å². The first kappa shape index (κ1) is 12.5. The highest BCUT2D eigenvalue weighted by Crippen LogP contribution is 2.16. The van der Waals surface area contributed by atoms with E-state index in [1.165, 1.54) is 0 Å². The van der Waals surface area contributed by atoms with Crippen molar-refractivity contribution < 1.29 is 0 Å². The van der Waals surface area contributed by atoms with Gasteiger partial charge in [0.2, 0.25) is 0 Å². The molecule has 0 radical (unpaired) electrons. The third-order valence-corrected chi connectivity index (χ3v) is 2.27. The second-order valence-electron chi connectivity index (χ2n) is 2.03. The molecule has 0 N–H and O–H groups in total. The Morgan fingerprint density at radius 3 is 2.50 bits per heavy atom. The van der Waals surface area contributed by atoms with Crippen LogP contribution in [0, 0.1) is 0 Å². The molecule has 0 aromatic carbocycles. The van der Waals surface area contributed by atoms with Gasteiger partial charge in [0.15, 0.2) is 0 Å². The molecule has 0 spiro atoms. The van der Waals surface area contributed by atoms with Crippen molar-refractivity contribution in [1.82, 2.24) is 4.98 Å². The molecule has 5 heteroatoms. The lowest BCUT2D eigenvalue weighted by atomic mass is 10.2. The standard InChI is InChI=1S/C7H6BrCl2N.ClH/c8-6-1-5(2-9)7(3-10)11-4-6;/h1,4H,2-3H2;1H. The Labute approximate surface area is 96.0 Å². The largest absolute Gasteiger partial charge is 0.259 e. The molecular formula is C7H7BrCl3N. The van der Waals surface area contributed by atoms with E-state index in [2.05, 4.69) is 20.9 Å². The van der Waals surface area contributed by atoms with Crippen molar-refractivity contribution in [3.63, 3.8) is 0 Å². The summed E-state index contributed by atoms with van der Waals surface area (Å²) in [6, 6.07) is 1.93. The van der Waals surface area contributed by atoms with Gasteiger partial charge in [0.05, 0.1) is 11.6 Å². The number of alkyl halides is 2. The van der Waals surface area contributed by atoms with Crippen LogP contribution in [0.2, 0.25) is 0 Å². The molecule has 0 aliphatic carbocycles. The summed E-state index contributed by atoms with van der Waals surface area (Å²) in [7, 11) is 0. The van der Waals surface area contributed by atoms with Crippen LogP contribution in [-0.4, -0.2) is 4.98 Å². The second kappa shape index (κ2) is 6.03. The molecule has 0 saturated carbocycles. The van der Waals surface area contributed by atoms with Crippen LogP contribution in [0.15, 0.2) is 16.7 Å². The first-order chi connectivity index (χ1) is 5.27. The van der Waals surface area contributed by atoms with Gasteiger partial charge in [0.1, 0.15) is 0 Å². The summed E-state index contributed by atoms with van der Waals surface area (Å²) >= 11 is 14.6. The summed E-state index contributed by atoms with van der Waals surface area (Å²) in [5.41, 5.74) is 1.83. The van der Waals surface area contributed by atoms with Gasteiger partial charge in [-0.3, -0.25) is 4.98 Å². The van der Waals surface area contributed by atoms with Gasteiger partial charge in [0.25, 0.3) is 0 Å². The number of nitrogens with zero attached hydrogens (tertiary/aromatic N) is 1. The summed E-state index contributed by atoms with van der Waals surface area (Å²) in [6.45, 7) is 0. The lowest BCUT2D eigenvalue weighted by Crippen LogP contribution is -1.92. The van der Waals surface area contributed by atoms with Gasteiger partial charge in [-0.15, -0.1) is 35.6 Å². The van der Waals surface area contributed by atoms with Crippen molar-refractivity contribution in [2.45, 2.75) is 11.8 Å². The first-order valence-corrected chi connectivity index (χ1v) is 4.89. The van der Waals surface area contributed by atoms with Crippen LogP contribution < -0.4 is 0 Å². The van der Waals surface area contributed by atoms with Gasteiger partial charge in [-0.05, 0) is 27.6 Å². The average Bonchev–Trinajstić information content (AvgIpc) is 2.04. The minimum atomic E-state index is 0. The van der Waals surface area contributed by atoms with Crippen LogP contribution in [-0.2, 0) is 11.8 Å². The third-order valence-electron chi connectivity index (χ3n) is 1.30. The highest BCUT2D eigenvalue weighted by molar-refractivity contribution is 9.10. The number of hydrogen-bond donors (Lipinski definition) is 0. The highest BCUT2D eigenvalue weighted by atomic mass is 79.9. The number of halogens is 4. The maximum Gasteiger partial charge on any atom is 0.0650 e. The Morgan fingerprint density at radius 1 is 1.33 bits per heavy atom. The topological polar surface area (TPSA) is 12.9 Å². The van der Waals surface area contributed by atoms with Crippen molar-refractivity contribution in [3.8, 4) is 0 Å². The number of hydrogen-bond acceptors (Lipinski definition) is 1. The molecule has 0 saturated heterocycles. The minimum absolute atomic E-state index is 0. The van der Waals surface area contributed by atoms with Crippen molar-refractivity contribution in [2.75, 3.05) is 0 Å². The zero-order valence-electron chi connectivity index (χ0n) is 6.06. The smallest absolute Gasteiger partial charge is 0.0650 e. The zero-order chi connectivity index (χ0) is 8.27. The van der Waals surface area contributed by atoms with Crippen LogP contribution in [0.3, 0.4) is 0 Å². The Hall–Kier alpha value is 0.500. The minimum Gasteiger partial charge on any atom is -0.259 e. The van der Waals surface area contributed by atoms with Crippen molar-refractivity contribution >= 4 is 51.5 Å². The molecule has 0 amide bonds. The van der Waals surface area contributed by atoms with Crippen LogP contribution in [0.1, 0.15) is 11.3 Å². The number of aromatic nitrogens is 1. The second-order valence-corrected chi connectivity index (χ2v) is 3.48. The van der Waals surface area contributed by atoms with E-state index >= 15 is 0 Å². The number of pyridine rings is 1. The van der Waals surface area contributed by atoms with E-state index in [1.54, 1.807) is 6.20 Å². The van der Waals surface area contributed by atoms with E-state index in [0.29, 0.717) is 11.8 Å². The molecule has 0 bridgehead atoms. The van der Waals surface area contributed by atoms with Gasteiger partial charge in [0, 0.05) is 16.5 Å². The van der Waals surface area contributed by atoms with E-state index in [9.17, 15) is 0 Å². The van der Waals surface area contributed by atoms with Crippen molar-refractivity contribution in [3.05, 3.63) is 28.0 Å². The zero-order valence-corrected chi connectivity index (χ0v) is 9.97. The lowest BCUT2D eigenvalue weighted by Gasteiger charge is -2.01. The van der Waals surface area contributed by atoms with Gasteiger partial charge >= 0.3 is 0 Å². The van der Waals surface area contributed by atoms with E-state index in [-0.39, 0.29) is 12.4 Å². The molecule has 12 heavy (non-hydrogen) atoms. The Morgan fingerprint density at radius 2 is 2.00 bits per heavy atom. The molecule has 0 atom stereocenters. The van der Waals surface area contributed by atoms with Crippen LogP contribution in [0.25, 0.3) is 0 Å². The summed E-state index contributed by atoms with van der Waals surface area (Å²) in [4.78, 5) is 4.10.